The molecule has 2 aliphatic rings. The van der Waals surface area contributed by atoms with Crippen LogP contribution in [0.15, 0.2) is 75.3 Å². The molecule has 2 aliphatic heterocycles. The van der Waals surface area contributed by atoms with E-state index in [9.17, 15) is 4.79 Å². The zero-order valence-electron chi connectivity index (χ0n) is 20.1. The quantitative estimate of drug-likeness (QED) is 0.398. The minimum absolute atomic E-state index is 0.0725. The van der Waals surface area contributed by atoms with Crippen molar-refractivity contribution in [1.29, 1.82) is 0 Å². The first-order valence-corrected chi connectivity index (χ1v) is 12.9. The van der Waals surface area contributed by atoms with Crippen molar-refractivity contribution < 1.29 is 0 Å². The number of hydrogen-bond donors (Lipinski definition) is 2. The molecule has 0 fully saturated rings. The first-order chi connectivity index (χ1) is 16.5. The fraction of sp³-hybridized carbons (Fsp3) is 0.286. The van der Waals surface area contributed by atoms with E-state index in [-0.39, 0.29) is 11.5 Å². The Balaban J connectivity index is 1.73. The Bertz CT molecular complexity index is 1340. The molecule has 5 nitrogen and oxygen atoms in total. The minimum Gasteiger partial charge on any atom is -0.339 e. The maximum absolute atomic E-state index is 13.3. The fourth-order valence-corrected chi connectivity index (χ4v) is 5.22. The van der Waals surface area contributed by atoms with Crippen molar-refractivity contribution in [3.63, 3.8) is 0 Å². The molecule has 0 saturated carbocycles. The highest BCUT2D eigenvalue weighted by Gasteiger charge is 2.37. The van der Waals surface area contributed by atoms with Gasteiger partial charge < -0.3 is 10.3 Å². The van der Waals surface area contributed by atoms with E-state index < -0.39 is 0 Å². The van der Waals surface area contributed by atoms with Crippen LogP contribution in [-0.4, -0.2) is 40.8 Å². The van der Waals surface area contributed by atoms with Crippen molar-refractivity contribution in [1.82, 2.24) is 14.9 Å². The van der Waals surface area contributed by atoms with Gasteiger partial charge in [0.1, 0.15) is 5.82 Å². The van der Waals surface area contributed by atoms with Crippen LogP contribution in [0.2, 0.25) is 0 Å². The van der Waals surface area contributed by atoms with E-state index in [4.69, 9.17) is 4.98 Å². The van der Waals surface area contributed by atoms with Gasteiger partial charge in [-0.1, -0.05) is 78.3 Å². The lowest BCUT2D eigenvalue weighted by molar-refractivity contribution is 0.324. The number of fused-ring (bicyclic) bond motifs is 1. The molecule has 2 N–H and O–H groups in total. The van der Waals surface area contributed by atoms with Crippen LogP contribution in [-0.2, 0) is 0 Å². The zero-order chi connectivity index (χ0) is 23.8. The van der Waals surface area contributed by atoms with Gasteiger partial charge in [0.25, 0.3) is 5.56 Å². The molecule has 2 aromatic carbocycles. The molecule has 0 radical (unpaired) electrons. The fourth-order valence-electron chi connectivity index (χ4n) is 4.84. The minimum atomic E-state index is -0.144. The smallest absolute Gasteiger partial charge is 0.257 e. The number of aromatic nitrogens is 2. The number of benzene rings is 2. The number of thioether (sulfide) groups is 1. The van der Waals surface area contributed by atoms with Crippen LogP contribution in [0.5, 0.6) is 0 Å². The van der Waals surface area contributed by atoms with Gasteiger partial charge in [-0.3, -0.25) is 9.69 Å². The number of likely N-dealkylation sites (N-methyl/N-ethyl adjacent to an activating group) is 1. The zero-order valence-corrected chi connectivity index (χ0v) is 20.9. The Kier molecular flexibility index (Phi) is 6.19. The Labute approximate surface area is 205 Å². The molecule has 6 heteroatoms. The van der Waals surface area contributed by atoms with Crippen molar-refractivity contribution in [2.24, 2.45) is 0 Å². The second-order valence-electron chi connectivity index (χ2n) is 9.09. The highest BCUT2D eigenvalue weighted by Crippen LogP contribution is 2.43. The van der Waals surface area contributed by atoms with Crippen LogP contribution >= 0.6 is 11.8 Å². The number of H-pyrrole nitrogens is 1. The molecule has 0 spiro atoms. The lowest BCUT2D eigenvalue weighted by Crippen LogP contribution is -2.40. The summed E-state index contributed by atoms with van der Waals surface area (Å²) in [6, 6.07) is 17.2. The van der Waals surface area contributed by atoms with Crippen LogP contribution in [0.4, 0.5) is 5.82 Å². The summed E-state index contributed by atoms with van der Waals surface area (Å²) in [6.07, 6.45) is 4.20. The standard InChI is InChI=1S/C28H30N4OS/c1-5-32-15-21(14-19-10-6-17(2)7-11-19)25-22(16-32)23(20-12-8-18(3)9-13-20)24-26(29-25)30-28(34-4)31-27(24)33/h6-14,23H,5,15-16H2,1-4H3,(H2,29,30,31,33)/b21-14+. The third kappa shape index (κ3) is 4.24. The van der Waals surface area contributed by atoms with Crippen LogP contribution in [0, 0.1) is 13.8 Å². The lowest BCUT2D eigenvalue weighted by atomic mass is 9.79. The summed E-state index contributed by atoms with van der Waals surface area (Å²) in [5.41, 5.74) is 8.94. The van der Waals surface area contributed by atoms with Crippen LogP contribution in [0.3, 0.4) is 0 Å². The first kappa shape index (κ1) is 22.7. The largest absolute Gasteiger partial charge is 0.339 e. The van der Waals surface area contributed by atoms with Gasteiger partial charge in [-0.05, 0) is 55.0 Å². The van der Waals surface area contributed by atoms with E-state index in [0.29, 0.717) is 16.5 Å². The molecule has 34 heavy (non-hydrogen) atoms. The van der Waals surface area contributed by atoms with Gasteiger partial charge in [0.05, 0.1) is 5.56 Å². The maximum atomic E-state index is 13.3. The average Bonchev–Trinajstić information content (AvgIpc) is 2.84. The predicted octanol–water partition coefficient (Wildman–Crippen LogP) is 5.34. The van der Waals surface area contributed by atoms with Gasteiger partial charge in [-0.25, -0.2) is 4.98 Å². The molecule has 0 aliphatic carbocycles. The third-order valence-corrected chi connectivity index (χ3v) is 7.29. The van der Waals surface area contributed by atoms with Crippen LogP contribution in [0.1, 0.15) is 40.7 Å². The summed E-state index contributed by atoms with van der Waals surface area (Å²) >= 11 is 1.45. The molecule has 0 saturated heterocycles. The summed E-state index contributed by atoms with van der Waals surface area (Å²) in [4.78, 5) is 23.5. The molecule has 1 unspecified atom stereocenters. The van der Waals surface area contributed by atoms with Crippen molar-refractivity contribution in [2.45, 2.75) is 31.8 Å². The summed E-state index contributed by atoms with van der Waals surface area (Å²) < 4.78 is 0. The number of nitrogens with one attached hydrogen (secondary N) is 2. The van der Waals surface area contributed by atoms with Gasteiger partial charge in [-0.2, -0.15) is 0 Å². The van der Waals surface area contributed by atoms with Crippen molar-refractivity contribution in [3.05, 3.63) is 104 Å². The van der Waals surface area contributed by atoms with Crippen LogP contribution in [0.25, 0.3) is 6.08 Å². The Morgan fingerprint density at radius 1 is 1.06 bits per heavy atom. The second-order valence-corrected chi connectivity index (χ2v) is 9.88. The molecular formula is C28H30N4OS. The molecule has 1 aromatic heterocycles. The van der Waals surface area contributed by atoms with Crippen LogP contribution < -0.4 is 10.9 Å². The van der Waals surface area contributed by atoms with E-state index in [1.54, 1.807) is 0 Å². The number of hydrogen-bond acceptors (Lipinski definition) is 5. The van der Waals surface area contributed by atoms with E-state index in [2.05, 4.69) is 90.6 Å². The summed E-state index contributed by atoms with van der Waals surface area (Å²) in [6.45, 7) is 8.99. The van der Waals surface area contributed by atoms with E-state index in [1.165, 1.54) is 39.6 Å². The molecular weight excluding hydrogens is 440 g/mol. The Morgan fingerprint density at radius 2 is 1.74 bits per heavy atom. The van der Waals surface area contributed by atoms with Gasteiger partial charge in [-0.15, -0.1) is 0 Å². The second kappa shape index (κ2) is 9.28. The van der Waals surface area contributed by atoms with E-state index in [1.807, 2.05) is 6.26 Å². The topological polar surface area (TPSA) is 61.0 Å². The number of anilines is 1. The number of rotatable bonds is 4. The normalized spacial score (nSPS) is 19.1. The SMILES string of the molecule is CCN1CC2=C(Nc3nc(SC)[nH]c(=O)c3C2c2ccc(C)cc2)/C(=C/c2ccc(C)cc2)C1. The van der Waals surface area contributed by atoms with Gasteiger partial charge in [0, 0.05) is 24.7 Å². The van der Waals surface area contributed by atoms with Gasteiger partial charge >= 0.3 is 0 Å². The van der Waals surface area contributed by atoms with E-state index >= 15 is 0 Å². The summed E-state index contributed by atoms with van der Waals surface area (Å²) in [7, 11) is 0. The predicted molar refractivity (Wildman–Crippen MR) is 142 cm³/mol. The number of aromatic amines is 1. The molecule has 5 rings (SSSR count). The third-order valence-electron chi connectivity index (χ3n) is 6.71. The molecule has 3 aromatic rings. The van der Waals surface area contributed by atoms with Crippen molar-refractivity contribution in [2.75, 3.05) is 31.2 Å². The van der Waals surface area contributed by atoms with Crippen molar-refractivity contribution in [3.8, 4) is 0 Å². The highest BCUT2D eigenvalue weighted by molar-refractivity contribution is 7.98. The molecule has 0 amide bonds. The first-order valence-electron chi connectivity index (χ1n) is 11.7. The van der Waals surface area contributed by atoms with E-state index in [0.717, 1.165) is 30.9 Å². The summed E-state index contributed by atoms with van der Waals surface area (Å²) in [5, 5.41) is 4.22. The average molecular weight is 471 g/mol. The molecule has 174 valence electrons. The monoisotopic (exact) mass is 470 g/mol. The highest BCUT2D eigenvalue weighted by atomic mass is 32.2. The van der Waals surface area contributed by atoms with Crippen molar-refractivity contribution >= 4 is 23.7 Å². The van der Waals surface area contributed by atoms with Gasteiger partial charge in [0.15, 0.2) is 5.16 Å². The molecule has 3 heterocycles. The molecule has 0 bridgehead atoms. The lowest BCUT2D eigenvalue weighted by Gasteiger charge is -2.39. The Morgan fingerprint density at radius 3 is 2.38 bits per heavy atom. The maximum Gasteiger partial charge on any atom is 0.257 e. The van der Waals surface area contributed by atoms with Gasteiger partial charge in [0.2, 0.25) is 0 Å². The Hall–Kier alpha value is -3.09. The molecule has 1 atom stereocenters. The summed E-state index contributed by atoms with van der Waals surface area (Å²) in [5.74, 6) is 0.520. The number of nitrogens with zero attached hydrogens (tertiary/aromatic N) is 2. The number of aryl methyl sites for hydroxylation is 2.